The number of carbonyl (C=O) groups excluding carboxylic acids is 1. The summed E-state index contributed by atoms with van der Waals surface area (Å²) >= 11 is 1.21. The molecule has 2 aromatic rings. The molecule has 1 amide bonds. The number of aryl methyl sites for hydroxylation is 2. The van der Waals surface area contributed by atoms with E-state index in [9.17, 15) is 4.79 Å². The summed E-state index contributed by atoms with van der Waals surface area (Å²) in [6.45, 7) is 5.76. The van der Waals surface area contributed by atoms with Crippen molar-refractivity contribution in [3.63, 3.8) is 0 Å². The molecule has 1 aromatic heterocycles. The smallest absolute Gasteiger partial charge is 0.237 e. The number of anilines is 3. The van der Waals surface area contributed by atoms with E-state index in [4.69, 9.17) is 11.5 Å². The topological polar surface area (TPSA) is 107 Å². The molecule has 0 aliphatic heterocycles. The molecular formula is C15H19N5OS. The van der Waals surface area contributed by atoms with E-state index < -0.39 is 0 Å². The van der Waals surface area contributed by atoms with Gasteiger partial charge in [0, 0.05) is 11.8 Å². The molecule has 1 heterocycles. The van der Waals surface area contributed by atoms with Crippen molar-refractivity contribution in [1.29, 1.82) is 0 Å². The zero-order valence-corrected chi connectivity index (χ0v) is 13.6. The number of nitrogens with one attached hydrogen (secondary N) is 1. The van der Waals surface area contributed by atoms with Crippen molar-refractivity contribution in [2.24, 2.45) is 0 Å². The maximum absolute atomic E-state index is 12.3. The average Bonchev–Trinajstić information content (AvgIpc) is 2.40. The molecule has 2 rings (SSSR count). The van der Waals surface area contributed by atoms with Crippen molar-refractivity contribution in [3.8, 4) is 0 Å². The molecule has 0 bridgehead atoms. The van der Waals surface area contributed by atoms with E-state index >= 15 is 0 Å². The largest absolute Gasteiger partial charge is 0.383 e. The van der Waals surface area contributed by atoms with Gasteiger partial charge in [-0.15, -0.1) is 0 Å². The fourth-order valence-electron chi connectivity index (χ4n) is 1.91. The lowest BCUT2D eigenvalue weighted by Crippen LogP contribution is -2.23. The van der Waals surface area contributed by atoms with E-state index in [1.807, 2.05) is 32.0 Å². The predicted molar refractivity (Wildman–Crippen MR) is 90.7 cm³/mol. The van der Waals surface area contributed by atoms with Crippen LogP contribution < -0.4 is 16.8 Å². The van der Waals surface area contributed by atoms with Gasteiger partial charge in [0.25, 0.3) is 0 Å². The number of rotatable bonds is 4. The first-order chi connectivity index (χ1) is 10.3. The van der Waals surface area contributed by atoms with Crippen LogP contribution in [-0.2, 0) is 4.79 Å². The summed E-state index contributed by atoms with van der Waals surface area (Å²) in [5.41, 5.74) is 14.2. The van der Waals surface area contributed by atoms with E-state index in [0.29, 0.717) is 5.16 Å². The summed E-state index contributed by atoms with van der Waals surface area (Å²) in [6, 6.07) is 7.36. The van der Waals surface area contributed by atoms with Crippen LogP contribution in [0, 0.1) is 13.8 Å². The highest BCUT2D eigenvalue weighted by molar-refractivity contribution is 8.00. The molecule has 0 saturated carbocycles. The van der Waals surface area contributed by atoms with Crippen LogP contribution in [-0.4, -0.2) is 21.1 Å². The van der Waals surface area contributed by atoms with Crippen LogP contribution in [0.15, 0.2) is 29.4 Å². The number of hydrogen-bond acceptors (Lipinski definition) is 6. The van der Waals surface area contributed by atoms with Gasteiger partial charge in [0.05, 0.1) is 5.25 Å². The van der Waals surface area contributed by atoms with Crippen molar-refractivity contribution in [2.75, 3.05) is 16.8 Å². The maximum Gasteiger partial charge on any atom is 0.237 e. The van der Waals surface area contributed by atoms with Gasteiger partial charge in [-0.3, -0.25) is 4.79 Å². The van der Waals surface area contributed by atoms with Crippen molar-refractivity contribution in [2.45, 2.75) is 31.2 Å². The quantitative estimate of drug-likeness (QED) is 0.590. The number of amides is 1. The third kappa shape index (κ3) is 4.11. The lowest BCUT2D eigenvalue weighted by atomic mass is 10.1. The highest BCUT2D eigenvalue weighted by Crippen LogP contribution is 2.23. The molecule has 0 spiro atoms. The van der Waals surface area contributed by atoms with E-state index in [1.165, 1.54) is 17.8 Å². The molecule has 0 aliphatic carbocycles. The van der Waals surface area contributed by atoms with Crippen LogP contribution in [0.4, 0.5) is 17.3 Å². The van der Waals surface area contributed by atoms with Gasteiger partial charge in [-0.25, -0.2) is 9.97 Å². The van der Waals surface area contributed by atoms with Crippen LogP contribution in [0.25, 0.3) is 0 Å². The van der Waals surface area contributed by atoms with Gasteiger partial charge in [0.15, 0.2) is 5.16 Å². The van der Waals surface area contributed by atoms with Crippen molar-refractivity contribution < 1.29 is 4.79 Å². The number of benzene rings is 1. The standard InChI is InChI=1S/C15H19N5OS/c1-8-4-5-11(9(2)6-8)18-14(21)10(3)22-15-19-12(16)7-13(17)20-15/h4-7,10H,1-3H3,(H,18,21)(H4,16,17,19,20). The molecule has 7 heteroatoms. The highest BCUT2D eigenvalue weighted by Gasteiger charge is 2.17. The molecule has 1 atom stereocenters. The number of hydrogen-bond donors (Lipinski definition) is 3. The minimum Gasteiger partial charge on any atom is -0.383 e. The Morgan fingerprint density at radius 3 is 2.41 bits per heavy atom. The molecule has 0 radical (unpaired) electrons. The highest BCUT2D eigenvalue weighted by atomic mass is 32.2. The Morgan fingerprint density at radius 1 is 1.18 bits per heavy atom. The van der Waals surface area contributed by atoms with Crippen LogP contribution in [0.2, 0.25) is 0 Å². The third-order valence-electron chi connectivity index (χ3n) is 3.04. The lowest BCUT2D eigenvalue weighted by molar-refractivity contribution is -0.115. The summed E-state index contributed by atoms with van der Waals surface area (Å²) in [4.78, 5) is 20.4. The van der Waals surface area contributed by atoms with Gasteiger partial charge in [0.1, 0.15) is 11.6 Å². The second-order valence-corrected chi connectivity index (χ2v) is 6.38. The Balaban J connectivity index is 2.05. The minimum atomic E-state index is -0.373. The first kappa shape index (κ1) is 16.1. The first-order valence-corrected chi connectivity index (χ1v) is 7.68. The van der Waals surface area contributed by atoms with Gasteiger partial charge in [-0.1, -0.05) is 29.5 Å². The predicted octanol–water partition coefficient (Wildman–Crippen LogP) is 2.38. The number of aromatic nitrogens is 2. The Bertz CT molecular complexity index is 684. The Kier molecular flexibility index (Phi) is 4.87. The number of thioether (sulfide) groups is 1. The first-order valence-electron chi connectivity index (χ1n) is 6.80. The Hall–Kier alpha value is -2.28. The summed E-state index contributed by atoms with van der Waals surface area (Å²) in [6.07, 6.45) is 0. The molecule has 0 aliphatic rings. The SMILES string of the molecule is Cc1ccc(NC(=O)C(C)Sc2nc(N)cc(N)n2)c(C)c1. The second kappa shape index (κ2) is 6.65. The van der Waals surface area contributed by atoms with Gasteiger partial charge in [-0.05, 0) is 32.4 Å². The molecule has 1 aromatic carbocycles. The number of carbonyl (C=O) groups is 1. The number of nitrogen functional groups attached to an aromatic ring is 2. The Labute approximate surface area is 133 Å². The molecular weight excluding hydrogens is 298 g/mol. The van der Waals surface area contributed by atoms with Crippen LogP contribution in [0.1, 0.15) is 18.1 Å². The van der Waals surface area contributed by atoms with E-state index in [1.54, 1.807) is 6.92 Å². The van der Waals surface area contributed by atoms with Gasteiger partial charge < -0.3 is 16.8 Å². The number of nitrogens with zero attached hydrogens (tertiary/aromatic N) is 2. The fraction of sp³-hybridized carbons (Fsp3) is 0.267. The van der Waals surface area contributed by atoms with E-state index in [-0.39, 0.29) is 22.8 Å². The second-order valence-electron chi connectivity index (χ2n) is 5.07. The summed E-state index contributed by atoms with van der Waals surface area (Å²) < 4.78 is 0. The molecule has 22 heavy (non-hydrogen) atoms. The molecule has 0 fully saturated rings. The normalized spacial score (nSPS) is 12.0. The van der Waals surface area contributed by atoms with Gasteiger partial charge in [-0.2, -0.15) is 0 Å². The van der Waals surface area contributed by atoms with E-state index in [0.717, 1.165) is 16.8 Å². The molecule has 5 N–H and O–H groups in total. The summed E-state index contributed by atoms with van der Waals surface area (Å²) in [7, 11) is 0. The lowest BCUT2D eigenvalue weighted by Gasteiger charge is -2.13. The summed E-state index contributed by atoms with van der Waals surface area (Å²) in [5.74, 6) is 0.454. The maximum atomic E-state index is 12.3. The summed E-state index contributed by atoms with van der Waals surface area (Å²) in [5, 5.41) is 2.93. The van der Waals surface area contributed by atoms with Crippen molar-refractivity contribution in [1.82, 2.24) is 9.97 Å². The number of nitrogens with two attached hydrogens (primary N) is 2. The van der Waals surface area contributed by atoms with Crippen LogP contribution in [0.5, 0.6) is 0 Å². The molecule has 116 valence electrons. The zero-order chi connectivity index (χ0) is 16.3. The molecule has 1 unspecified atom stereocenters. The van der Waals surface area contributed by atoms with Crippen LogP contribution in [0.3, 0.4) is 0 Å². The van der Waals surface area contributed by atoms with Gasteiger partial charge >= 0.3 is 0 Å². The van der Waals surface area contributed by atoms with Crippen molar-refractivity contribution >= 4 is 35.0 Å². The Morgan fingerprint density at radius 2 is 1.82 bits per heavy atom. The minimum absolute atomic E-state index is 0.124. The molecule has 0 saturated heterocycles. The fourth-order valence-corrected chi connectivity index (χ4v) is 2.71. The van der Waals surface area contributed by atoms with Crippen molar-refractivity contribution in [3.05, 3.63) is 35.4 Å². The zero-order valence-electron chi connectivity index (χ0n) is 12.8. The molecule has 6 nitrogen and oxygen atoms in total. The van der Waals surface area contributed by atoms with Gasteiger partial charge in [0.2, 0.25) is 5.91 Å². The average molecular weight is 317 g/mol. The monoisotopic (exact) mass is 317 g/mol. The third-order valence-corrected chi connectivity index (χ3v) is 4.00. The van der Waals surface area contributed by atoms with E-state index in [2.05, 4.69) is 15.3 Å². The van der Waals surface area contributed by atoms with Crippen LogP contribution >= 0.6 is 11.8 Å².